The number of benzene rings is 2. The molecule has 4 nitrogen and oxygen atoms in total. The van der Waals surface area contributed by atoms with Gasteiger partial charge in [-0.1, -0.05) is 23.7 Å². The zero-order valence-corrected chi connectivity index (χ0v) is 19.1. The van der Waals surface area contributed by atoms with Crippen molar-refractivity contribution >= 4 is 40.4 Å². The number of rotatable bonds is 5. The molecule has 1 aliphatic heterocycles. The summed E-state index contributed by atoms with van der Waals surface area (Å²) in [5.41, 5.74) is 2.59. The Balaban J connectivity index is 1.77. The van der Waals surface area contributed by atoms with Crippen molar-refractivity contribution in [1.82, 2.24) is 4.90 Å². The average molecular weight is 470 g/mol. The van der Waals surface area contributed by atoms with Crippen LogP contribution in [-0.4, -0.2) is 28.2 Å². The summed E-state index contributed by atoms with van der Waals surface area (Å²) in [7, 11) is 0. The summed E-state index contributed by atoms with van der Waals surface area (Å²) >= 11 is 7.39. The first-order valence-corrected chi connectivity index (χ1v) is 11.4. The van der Waals surface area contributed by atoms with Gasteiger partial charge < -0.3 is 10.0 Å². The molecule has 0 spiro atoms. The first-order chi connectivity index (χ1) is 15.3. The van der Waals surface area contributed by atoms with Gasteiger partial charge in [0.05, 0.1) is 11.6 Å². The van der Waals surface area contributed by atoms with E-state index < -0.39 is 23.5 Å². The van der Waals surface area contributed by atoms with E-state index in [2.05, 4.69) is 0 Å². The van der Waals surface area contributed by atoms with Crippen LogP contribution in [0.25, 0.3) is 5.76 Å². The van der Waals surface area contributed by atoms with Crippen molar-refractivity contribution in [2.45, 2.75) is 26.3 Å². The molecule has 164 valence electrons. The number of aryl methyl sites for hydroxylation is 2. The highest BCUT2D eigenvalue weighted by Crippen LogP contribution is 2.42. The molecule has 1 amide bonds. The summed E-state index contributed by atoms with van der Waals surface area (Å²) in [5.74, 6) is -2.09. The summed E-state index contributed by atoms with van der Waals surface area (Å²) in [6.07, 6.45) is 0.529. The molecule has 1 saturated heterocycles. The van der Waals surface area contributed by atoms with Gasteiger partial charge in [0.2, 0.25) is 0 Å². The summed E-state index contributed by atoms with van der Waals surface area (Å²) in [5, 5.41) is 13.6. The van der Waals surface area contributed by atoms with Gasteiger partial charge >= 0.3 is 0 Å². The molecule has 1 aromatic heterocycles. The zero-order valence-electron chi connectivity index (χ0n) is 17.6. The van der Waals surface area contributed by atoms with Crippen LogP contribution in [0.4, 0.5) is 4.39 Å². The molecule has 1 aliphatic rings. The second kappa shape index (κ2) is 8.88. The number of Topliss-reactive ketones (excluding diaryl/α,β-unsaturated/α-hetero) is 1. The fourth-order valence-electron chi connectivity index (χ4n) is 3.90. The maximum atomic E-state index is 13.7. The van der Waals surface area contributed by atoms with Crippen LogP contribution >= 0.6 is 22.9 Å². The van der Waals surface area contributed by atoms with Crippen LogP contribution in [0.3, 0.4) is 0 Å². The predicted octanol–water partition coefficient (Wildman–Crippen LogP) is 5.82. The quantitative estimate of drug-likeness (QED) is 0.291. The molecule has 0 bridgehead atoms. The third-order valence-electron chi connectivity index (χ3n) is 5.68. The SMILES string of the molecule is Cc1cc(/C(O)=C2/C(=O)C(=O)N(CCc3ccc(Cl)cc3)C2c2sccc2C)ccc1F. The summed E-state index contributed by atoms with van der Waals surface area (Å²) in [6, 6.07) is 12.7. The number of likely N-dealkylation sites (tertiary alicyclic amines) is 1. The number of amides is 1. The van der Waals surface area contributed by atoms with E-state index in [0.29, 0.717) is 29.1 Å². The van der Waals surface area contributed by atoms with Crippen LogP contribution in [0.5, 0.6) is 0 Å². The lowest BCUT2D eigenvalue weighted by Gasteiger charge is -2.25. The van der Waals surface area contributed by atoms with Crippen LogP contribution in [0.15, 0.2) is 59.5 Å². The number of halogens is 2. The van der Waals surface area contributed by atoms with E-state index in [1.54, 1.807) is 19.1 Å². The molecule has 7 heteroatoms. The van der Waals surface area contributed by atoms with Gasteiger partial charge in [-0.25, -0.2) is 4.39 Å². The monoisotopic (exact) mass is 469 g/mol. The minimum atomic E-state index is -0.738. The Morgan fingerprint density at radius 3 is 2.44 bits per heavy atom. The first-order valence-electron chi connectivity index (χ1n) is 10.1. The van der Waals surface area contributed by atoms with E-state index in [1.165, 1.54) is 34.4 Å². The highest BCUT2D eigenvalue weighted by molar-refractivity contribution is 7.10. The maximum absolute atomic E-state index is 13.7. The van der Waals surface area contributed by atoms with Gasteiger partial charge in [0.1, 0.15) is 11.6 Å². The molecule has 4 rings (SSSR count). The van der Waals surface area contributed by atoms with Gasteiger partial charge in [0, 0.05) is 22.0 Å². The molecule has 0 radical (unpaired) electrons. The van der Waals surface area contributed by atoms with Crippen molar-refractivity contribution in [1.29, 1.82) is 0 Å². The van der Waals surface area contributed by atoms with Gasteiger partial charge in [0.15, 0.2) is 0 Å². The second-order valence-electron chi connectivity index (χ2n) is 7.80. The number of carbonyl (C=O) groups is 2. The molecule has 1 N–H and O–H groups in total. The van der Waals surface area contributed by atoms with Crippen LogP contribution in [0.2, 0.25) is 5.02 Å². The van der Waals surface area contributed by atoms with Crippen LogP contribution in [0, 0.1) is 19.7 Å². The minimum absolute atomic E-state index is 0.0302. The van der Waals surface area contributed by atoms with E-state index in [-0.39, 0.29) is 11.3 Å². The van der Waals surface area contributed by atoms with Crippen molar-refractivity contribution in [3.05, 3.63) is 97.5 Å². The average Bonchev–Trinajstić information content (AvgIpc) is 3.30. The lowest BCUT2D eigenvalue weighted by atomic mass is 9.97. The van der Waals surface area contributed by atoms with Crippen molar-refractivity contribution < 1.29 is 19.1 Å². The molecule has 0 saturated carbocycles. The van der Waals surface area contributed by atoms with Gasteiger partial charge in [-0.15, -0.1) is 11.3 Å². The number of carbonyl (C=O) groups excluding carboxylic acids is 2. The second-order valence-corrected chi connectivity index (χ2v) is 9.18. The van der Waals surface area contributed by atoms with E-state index >= 15 is 0 Å². The first kappa shape index (κ1) is 22.2. The smallest absolute Gasteiger partial charge is 0.295 e. The van der Waals surface area contributed by atoms with Crippen molar-refractivity contribution in [3.8, 4) is 0 Å². The van der Waals surface area contributed by atoms with Crippen LogP contribution < -0.4 is 0 Å². The fourth-order valence-corrected chi connectivity index (χ4v) is 5.07. The molecular formula is C25H21ClFNO3S. The number of ketones is 1. The van der Waals surface area contributed by atoms with Gasteiger partial charge in [-0.2, -0.15) is 0 Å². The Kier molecular flexibility index (Phi) is 6.17. The Labute approximate surface area is 194 Å². The van der Waals surface area contributed by atoms with Crippen molar-refractivity contribution in [3.63, 3.8) is 0 Å². The molecular weight excluding hydrogens is 449 g/mol. The Hall–Kier alpha value is -2.96. The third kappa shape index (κ3) is 4.08. The van der Waals surface area contributed by atoms with Gasteiger partial charge in [0.25, 0.3) is 11.7 Å². The molecule has 0 aliphatic carbocycles. The summed E-state index contributed by atoms with van der Waals surface area (Å²) < 4.78 is 13.7. The number of nitrogens with zero attached hydrogens (tertiary/aromatic N) is 1. The maximum Gasteiger partial charge on any atom is 0.295 e. The van der Waals surface area contributed by atoms with Crippen molar-refractivity contribution in [2.75, 3.05) is 6.54 Å². The lowest BCUT2D eigenvalue weighted by Crippen LogP contribution is -2.31. The Bertz CT molecular complexity index is 1230. The number of aliphatic hydroxyl groups excluding tert-OH is 1. The molecule has 3 aromatic rings. The van der Waals surface area contributed by atoms with E-state index in [0.717, 1.165) is 16.0 Å². The number of thiophene rings is 1. The normalized spacial score (nSPS) is 17.9. The number of aliphatic hydroxyl groups is 1. The van der Waals surface area contributed by atoms with Crippen LogP contribution in [-0.2, 0) is 16.0 Å². The van der Waals surface area contributed by atoms with E-state index in [4.69, 9.17) is 11.6 Å². The fraction of sp³-hybridized carbons (Fsp3) is 0.200. The summed E-state index contributed by atoms with van der Waals surface area (Å²) in [6.45, 7) is 3.79. The van der Waals surface area contributed by atoms with E-state index in [1.807, 2.05) is 30.5 Å². The Morgan fingerprint density at radius 2 is 1.81 bits per heavy atom. The minimum Gasteiger partial charge on any atom is -0.507 e. The molecule has 1 unspecified atom stereocenters. The topological polar surface area (TPSA) is 57.6 Å². The zero-order chi connectivity index (χ0) is 23.0. The highest BCUT2D eigenvalue weighted by atomic mass is 35.5. The standard InChI is InChI=1S/C25H21ClFNO3S/c1-14-10-12-32-24(14)21-20(22(29)17-5-8-19(27)15(2)13-17)23(30)25(31)28(21)11-9-16-3-6-18(26)7-4-16/h3-8,10,12-13,21,29H,9,11H2,1-2H3/b22-20-. The lowest BCUT2D eigenvalue weighted by molar-refractivity contribution is -0.139. The van der Waals surface area contributed by atoms with Gasteiger partial charge in [-0.05, 0) is 78.7 Å². The number of hydrogen-bond donors (Lipinski definition) is 1. The van der Waals surface area contributed by atoms with Crippen molar-refractivity contribution in [2.24, 2.45) is 0 Å². The molecule has 1 atom stereocenters. The Morgan fingerprint density at radius 1 is 1.09 bits per heavy atom. The largest absolute Gasteiger partial charge is 0.507 e. The molecule has 2 aromatic carbocycles. The molecule has 32 heavy (non-hydrogen) atoms. The summed E-state index contributed by atoms with van der Waals surface area (Å²) in [4.78, 5) is 28.4. The third-order valence-corrected chi connectivity index (χ3v) is 7.00. The van der Waals surface area contributed by atoms with Crippen LogP contribution in [0.1, 0.15) is 33.2 Å². The number of hydrogen-bond acceptors (Lipinski definition) is 4. The predicted molar refractivity (Wildman–Crippen MR) is 124 cm³/mol. The van der Waals surface area contributed by atoms with Gasteiger partial charge in [-0.3, -0.25) is 9.59 Å². The van der Waals surface area contributed by atoms with E-state index in [9.17, 15) is 19.1 Å². The molecule has 1 fully saturated rings. The molecule has 2 heterocycles. The highest BCUT2D eigenvalue weighted by Gasteiger charge is 2.46.